The Morgan fingerprint density at radius 3 is 2.53 bits per heavy atom. The molecule has 2 heterocycles. The van der Waals surface area contributed by atoms with E-state index in [-0.39, 0.29) is 16.4 Å². The number of nitrogens with zero attached hydrogens (tertiary/aromatic N) is 3. The minimum Gasteiger partial charge on any atom is -0.406 e. The van der Waals surface area contributed by atoms with E-state index < -0.39 is 45.4 Å². The molecule has 1 atom stereocenters. The predicted molar refractivity (Wildman–Crippen MR) is 132 cm³/mol. The summed E-state index contributed by atoms with van der Waals surface area (Å²) in [4.78, 5) is 13.1. The molecule has 15 heteroatoms. The van der Waals surface area contributed by atoms with Crippen LogP contribution in [0.4, 0.5) is 18.3 Å². The molecule has 9 nitrogen and oxygen atoms in total. The molecule has 0 aliphatic carbocycles. The normalized spacial score (nSPS) is 12.4. The van der Waals surface area contributed by atoms with Gasteiger partial charge in [0.2, 0.25) is 11.0 Å². The maximum atomic E-state index is 13.0. The first-order valence-corrected chi connectivity index (χ1v) is 13.6. The monoisotopic (exact) mass is 580 g/mol. The third-order valence-corrected chi connectivity index (χ3v) is 7.90. The second kappa shape index (κ2) is 11.2. The smallest absolute Gasteiger partial charge is 0.406 e. The van der Waals surface area contributed by atoms with Gasteiger partial charge in [-0.1, -0.05) is 35.6 Å². The van der Waals surface area contributed by atoms with Crippen LogP contribution in [0.5, 0.6) is 11.5 Å². The van der Waals surface area contributed by atoms with Crippen molar-refractivity contribution in [1.29, 1.82) is 5.26 Å². The zero-order chi connectivity index (χ0) is 27.3. The van der Waals surface area contributed by atoms with Crippen LogP contribution in [0.2, 0.25) is 0 Å². The average Bonchev–Trinajstić information content (AvgIpc) is 3.55. The van der Waals surface area contributed by atoms with Crippen molar-refractivity contribution in [2.24, 2.45) is 5.92 Å². The summed E-state index contributed by atoms with van der Waals surface area (Å²) in [6.07, 6.45) is -5.70. The van der Waals surface area contributed by atoms with Crippen LogP contribution in [0.25, 0.3) is 9.88 Å². The number of anilines is 1. The number of nitrogens with one attached hydrogen (secondary N) is 1. The lowest BCUT2D eigenvalue weighted by molar-refractivity contribution is -0.274. The number of hydrogen-bond acceptors (Lipinski definition) is 10. The summed E-state index contributed by atoms with van der Waals surface area (Å²) >= 11 is 2.46. The number of hydrogen-bond donors (Lipinski definition) is 1. The highest BCUT2D eigenvalue weighted by Gasteiger charge is 2.33. The SMILES string of the molecule is N#CC(Cc1cc(S(=O)(=O)Oc2ccccc2)ccc1OC(F)(F)F)C(=O)Nc1nnc(-c2cccs2)s1. The predicted octanol–water partition coefficient (Wildman–Crippen LogP) is 5.25. The highest BCUT2D eigenvalue weighted by Crippen LogP contribution is 2.33. The van der Waals surface area contributed by atoms with Crippen LogP contribution in [-0.2, 0) is 21.3 Å². The van der Waals surface area contributed by atoms with E-state index in [0.717, 1.165) is 34.4 Å². The third-order valence-electron chi connectivity index (χ3n) is 4.78. The molecule has 38 heavy (non-hydrogen) atoms. The number of halogens is 3. The van der Waals surface area contributed by atoms with Crippen LogP contribution in [0.3, 0.4) is 0 Å². The van der Waals surface area contributed by atoms with Gasteiger partial charge in [-0.3, -0.25) is 10.1 Å². The topological polar surface area (TPSA) is 131 Å². The second-order valence-corrected chi connectivity index (χ2v) is 10.9. The first-order valence-electron chi connectivity index (χ1n) is 10.5. The highest BCUT2D eigenvalue weighted by atomic mass is 32.2. The number of ether oxygens (including phenoxy) is 1. The van der Waals surface area contributed by atoms with E-state index in [2.05, 4.69) is 20.3 Å². The maximum absolute atomic E-state index is 13.0. The number of alkyl halides is 3. The Balaban J connectivity index is 1.58. The van der Waals surface area contributed by atoms with Gasteiger partial charge in [0.05, 0.1) is 10.9 Å². The summed E-state index contributed by atoms with van der Waals surface area (Å²) < 4.78 is 73.5. The minimum absolute atomic E-state index is 0.0158. The molecule has 1 amide bonds. The molecule has 0 radical (unpaired) electrons. The first-order chi connectivity index (χ1) is 18.0. The summed E-state index contributed by atoms with van der Waals surface area (Å²) in [6, 6.07) is 15.3. The maximum Gasteiger partial charge on any atom is 0.573 e. The van der Waals surface area contributed by atoms with Gasteiger partial charge in [-0.05, 0) is 47.3 Å². The molecule has 0 fully saturated rings. The molecule has 2 aromatic carbocycles. The van der Waals surface area contributed by atoms with Crippen molar-refractivity contribution < 1.29 is 35.3 Å². The number of para-hydroxylation sites is 1. The van der Waals surface area contributed by atoms with Crippen LogP contribution in [0, 0.1) is 17.2 Å². The van der Waals surface area contributed by atoms with E-state index in [1.54, 1.807) is 18.2 Å². The molecule has 4 aromatic rings. The van der Waals surface area contributed by atoms with Gasteiger partial charge in [0.25, 0.3) is 0 Å². The van der Waals surface area contributed by atoms with Gasteiger partial charge in [0.1, 0.15) is 22.3 Å². The number of carbonyl (C=O) groups is 1. The van der Waals surface area contributed by atoms with Crippen LogP contribution in [0.15, 0.2) is 70.9 Å². The molecule has 0 bridgehead atoms. The van der Waals surface area contributed by atoms with E-state index in [9.17, 15) is 31.6 Å². The van der Waals surface area contributed by atoms with Gasteiger partial charge in [0, 0.05) is 6.42 Å². The van der Waals surface area contributed by atoms with Gasteiger partial charge in [-0.15, -0.1) is 34.7 Å². The van der Waals surface area contributed by atoms with Crippen molar-refractivity contribution in [2.45, 2.75) is 17.7 Å². The molecule has 4 rings (SSSR count). The molecule has 0 aliphatic heterocycles. The standard InChI is InChI=1S/C23H15F3N4O5S3/c24-23(25,26)34-18-9-8-17(38(32,33)35-16-5-2-1-3-6-16)12-14(18)11-15(13-27)20(31)28-22-30-29-21(37-22)19-7-4-10-36-19/h1-10,12,15H,11H2,(H,28,30,31). The Hall–Kier alpha value is -4.00. The van der Waals surface area contributed by atoms with Crippen molar-refractivity contribution in [1.82, 2.24) is 10.2 Å². The average molecular weight is 581 g/mol. The van der Waals surface area contributed by atoms with Crippen molar-refractivity contribution in [2.75, 3.05) is 5.32 Å². The Kier molecular flexibility index (Phi) is 7.95. The summed E-state index contributed by atoms with van der Waals surface area (Å²) in [5.74, 6) is -3.17. The molecular weight excluding hydrogens is 565 g/mol. The summed E-state index contributed by atoms with van der Waals surface area (Å²) in [6.45, 7) is 0. The number of carbonyl (C=O) groups excluding carboxylic acids is 1. The summed E-state index contributed by atoms with van der Waals surface area (Å²) in [5.41, 5.74) is -0.349. The lowest BCUT2D eigenvalue weighted by atomic mass is 9.99. The van der Waals surface area contributed by atoms with Gasteiger partial charge >= 0.3 is 16.5 Å². The van der Waals surface area contributed by atoms with Crippen LogP contribution < -0.4 is 14.2 Å². The quantitative estimate of drug-likeness (QED) is 0.266. The van der Waals surface area contributed by atoms with E-state index in [1.165, 1.54) is 35.6 Å². The van der Waals surface area contributed by atoms with E-state index in [1.807, 2.05) is 11.4 Å². The summed E-state index contributed by atoms with van der Waals surface area (Å²) in [5, 5.41) is 22.3. The van der Waals surface area contributed by atoms with Crippen molar-refractivity contribution >= 4 is 43.8 Å². The lowest BCUT2D eigenvalue weighted by Gasteiger charge is -2.16. The van der Waals surface area contributed by atoms with Crippen LogP contribution in [-0.4, -0.2) is 30.9 Å². The largest absolute Gasteiger partial charge is 0.573 e. The van der Waals surface area contributed by atoms with E-state index >= 15 is 0 Å². The number of aromatic nitrogens is 2. The Bertz CT molecular complexity index is 1570. The van der Waals surface area contributed by atoms with Crippen LogP contribution >= 0.6 is 22.7 Å². The van der Waals surface area contributed by atoms with Crippen LogP contribution in [0.1, 0.15) is 5.56 Å². The molecule has 2 aromatic heterocycles. The van der Waals surface area contributed by atoms with Crippen molar-refractivity contribution in [3.63, 3.8) is 0 Å². The second-order valence-electron chi connectivity index (χ2n) is 7.43. The number of benzene rings is 2. The van der Waals surface area contributed by atoms with Gasteiger partial charge in [-0.2, -0.15) is 13.7 Å². The molecule has 196 valence electrons. The first kappa shape index (κ1) is 27.0. The fourth-order valence-electron chi connectivity index (χ4n) is 3.13. The zero-order valence-electron chi connectivity index (χ0n) is 18.9. The van der Waals surface area contributed by atoms with Gasteiger partial charge in [-0.25, -0.2) is 0 Å². The molecule has 0 aliphatic rings. The molecule has 0 saturated heterocycles. The molecule has 0 spiro atoms. The Morgan fingerprint density at radius 2 is 1.87 bits per heavy atom. The molecule has 1 unspecified atom stereocenters. The van der Waals surface area contributed by atoms with E-state index in [0.29, 0.717) is 5.01 Å². The number of thiophene rings is 1. The summed E-state index contributed by atoms with van der Waals surface area (Å²) in [7, 11) is -4.46. The van der Waals surface area contributed by atoms with Gasteiger partial charge < -0.3 is 8.92 Å². The number of nitriles is 1. The molecular formula is C23H15F3N4O5S3. The molecule has 0 saturated carbocycles. The van der Waals surface area contributed by atoms with Crippen molar-refractivity contribution in [3.05, 3.63) is 71.6 Å². The Labute approximate surface area is 222 Å². The lowest BCUT2D eigenvalue weighted by Crippen LogP contribution is -2.25. The fourth-order valence-corrected chi connectivity index (χ4v) is 5.65. The van der Waals surface area contributed by atoms with Crippen molar-refractivity contribution in [3.8, 4) is 27.5 Å². The fraction of sp³-hybridized carbons (Fsp3) is 0.130. The minimum atomic E-state index is -5.11. The van der Waals surface area contributed by atoms with E-state index in [4.69, 9.17) is 4.18 Å². The zero-order valence-corrected chi connectivity index (χ0v) is 21.3. The highest BCUT2D eigenvalue weighted by molar-refractivity contribution is 7.87. The number of amides is 1. The number of rotatable bonds is 9. The van der Waals surface area contributed by atoms with Gasteiger partial charge in [0.15, 0.2) is 5.01 Å². The third kappa shape index (κ3) is 6.85. The Morgan fingerprint density at radius 1 is 1.11 bits per heavy atom. The molecule has 1 N–H and O–H groups in total.